The van der Waals surface area contributed by atoms with E-state index >= 15 is 0 Å². The van der Waals surface area contributed by atoms with Gasteiger partial charge in [0.25, 0.3) is 0 Å². The molecule has 0 N–H and O–H groups in total. The van der Waals surface area contributed by atoms with Crippen LogP contribution in [0.15, 0.2) is 45.8 Å². The number of benzene rings is 2. The fraction of sp³-hybridized carbons (Fsp3) is 0.625. The topological polar surface area (TPSA) is 0 Å². The van der Waals surface area contributed by atoms with Crippen LogP contribution in [0.2, 0.25) is 39.3 Å². The Hall–Kier alpha value is -3.41. The van der Waals surface area contributed by atoms with Gasteiger partial charge < -0.3 is 0 Å². The highest BCUT2D eigenvalue weighted by molar-refractivity contribution is 6.89. The number of rotatable bonds is 26. The van der Waals surface area contributed by atoms with E-state index in [-0.39, 0.29) is 0 Å². The Kier molecular flexibility index (Phi) is 24.8. The summed E-state index contributed by atoms with van der Waals surface area (Å²) < 4.78 is 0. The number of allylic oxidation sites excluding steroid dienone is 4. The summed E-state index contributed by atoms with van der Waals surface area (Å²) in [4.78, 5) is 0. The lowest BCUT2D eigenvalue weighted by Crippen LogP contribution is -2.39. The quantitative estimate of drug-likeness (QED) is 0.0652. The lowest BCUT2D eigenvalue weighted by Gasteiger charge is -2.38. The summed E-state index contributed by atoms with van der Waals surface area (Å²) in [7, 11) is -3.71. The molecule has 4 atom stereocenters. The van der Waals surface area contributed by atoms with E-state index in [1.807, 2.05) is 13.8 Å². The fourth-order valence-corrected chi connectivity index (χ4v) is 14.3. The number of hydrogen-bond donors (Lipinski definition) is 0. The summed E-state index contributed by atoms with van der Waals surface area (Å²) in [6.07, 6.45) is 24.3. The zero-order valence-electron chi connectivity index (χ0n) is 45.8. The molecule has 1 aliphatic rings. The molecule has 0 fully saturated rings. The van der Waals surface area contributed by atoms with Gasteiger partial charge in [-0.2, -0.15) is 0 Å². The van der Waals surface area contributed by atoms with E-state index < -0.39 is 16.1 Å². The second-order valence-corrected chi connectivity index (χ2v) is 32.1. The zero-order valence-corrected chi connectivity index (χ0v) is 47.8. The van der Waals surface area contributed by atoms with Crippen LogP contribution in [-0.4, -0.2) is 16.1 Å². The molecule has 4 unspecified atom stereocenters. The molecule has 0 radical (unpaired) electrons. The second-order valence-electron chi connectivity index (χ2n) is 22.1. The molecule has 0 nitrogen and oxygen atoms in total. The Morgan fingerprint density at radius 2 is 0.606 bits per heavy atom. The van der Waals surface area contributed by atoms with Crippen LogP contribution in [-0.2, 0) is 25.7 Å². The van der Waals surface area contributed by atoms with Crippen LogP contribution in [0.5, 0.6) is 0 Å². The van der Waals surface area contributed by atoms with Crippen LogP contribution in [0.25, 0.3) is 0 Å². The number of hydrogen-bond acceptors (Lipinski definition) is 0. The summed E-state index contributed by atoms with van der Waals surface area (Å²) >= 11 is 0. The highest BCUT2D eigenvalue weighted by Gasteiger charge is 2.41. The average Bonchev–Trinajstić information content (AvgIpc) is 3.26. The third-order valence-electron chi connectivity index (χ3n) is 14.5. The minimum atomic E-state index is -1.86. The molecule has 66 heavy (non-hydrogen) atoms. The molecule has 1 aliphatic carbocycles. The normalized spacial score (nSPS) is 14.4. The molecule has 3 rings (SSSR count). The van der Waals surface area contributed by atoms with Crippen molar-refractivity contribution in [2.24, 2.45) is 23.7 Å². The van der Waals surface area contributed by atoms with Gasteiger partial charge in [0, 0.05) is 33.4 Å². The largest absolute Gasteiger partial charge is 0.101 e. The molecule has 0 amide bonds. The van der Waals surface area contributed by atoms with Crippen LogP contribution in [0.1, 0.15) is 216 Å². The Morgan fingerprint density at radius 3 is 0.803 bits per heavy atom. The molecular weight excluding hydrogens is 825 g/mol. The molecule has 0 aromatic heterocycles. The molecule has 0 heterocycles. The van der Waals surface area contributed by atoms with Crippen molar-refractivity contribution in [1.29, 1.82) is 0 Å². The Bertz CT molecular complexity index is 2010. The Morgan fingerprint density at radius 1 is 0.364 bits per heavy atom. The molecule has 0 spiro atoms. The van der Waals surface area contributed by atoms with E-state index in [0.717, 1.165) is 25.7 Å². The highest BCUT2D eigenvalue weighted by Crippen LogP contribution is 2.45. The predicted molar refractivity (Wildman–Crippen MR) is 301 cm³/mol. The van der Waals surface area contributed by atoms with Crippen molar-refractivity contribution in [2.45, 2.75) is 237 Å². The highest BCUT2D eigenvalue weighted by atomic mass is 28.3. The smallest absolute Gasteiger partial charge is 0.0808 e. The average molecular weight is 922 g/mol. The van der Waals surface area contributed by atoms with Crippen molar-refractivity contribution in [3.63, 3.8) is 0 Å². The molecule has 0 bridgehead atoms. The van der Waals surface area contributed by atoms with Gasteiger partial charge in [-0.3, -0.25) is 0 Å². The van der Waals surface area contributed by atoms with E-state index in [9.17, 15) is 0 Å². The van der Waals surface area contributed by atoms with Crippen LogP contribution in [0.4, 0.5) is 0 Å². The fourth-order valence-electron chi connectivity index (χ4n) is 10.3. The standard InChI is InChI=1S/C64H96Si2/c1-17-27-33-49(23-7)41-57-47-55(59(45-53(57)31-21-5)43-51(25-9)35-29-19-3)37-39-61-63(65(11,12)13)62(64(61)66(14,15)16)40-38-56-48-58(42-50(24-8)34-28-18-2)54(32-22-6)46-60(56)44-52(26-10)36-30-20-4/h45-52H,17-20,23-30,33-36,41-44H2,1-16H3. The van der Waals surface area contributed by atoms with Crippen molar-refractivity contribution in [3.05, 3.63) is 90.3 Å². The van der Waals surface area contributed by atoms with Crippen molar-refractivity contribution in [2.75, 3.05) is 0 Å². The molecule has 0 saturated heterocycles. The van der Waals surface area contributed by atoms with Gasteiger partial charge in [0.1, 0.15) is 0 Å². The third-order valence-corrected chi connectivity index (χ3v) is 18.5. The molecule has 360 valence electrons. The van der Waals surface area contributed by atoms with Gasteiger partial charge in [0.2, 0.25) is 0 Å². The van der Waals surface area contributed by atoms with Gasteiger partial charge in [0.05, 0.1) is 16.1 Å². The van der Waals surface area contributed by atoms with Gasteiger partial charge in [-0.05, 0) is 120 Å². The van der Waals surface area contributed by atoms with Gasteiger partial charge in [-0.15, -0.1) is 11.8 Å². The Balaban J connectivity index is 2.37. The molecule has 2 aromatic carbocycles. The van der Waals surface area contributed by atoms with Crippen LogP contribution in [0, 0.1) is 71.0 Å². The van der Waals surface area contributed by atoms with Crippen molar-refractivity contribution in [1.82, 2.24) is 0 Å². The lowest BCUT2D eigenvalue weighted by atomic mass is 9.84. The maximum atomic E-state index is 3.99. The minimum Gasteiger partial charge on any atom is -0.101 e. The van der Waals surface area contributed by atoms with E-state index in [0.29, 0.717) is 23.7 Å². The number of unbranched alkanes of at least 4 members (excludes halogenated alkanes) is 4. The van der Waals surface area contributed by atoms with Crippen molar-refractivity contribution < 1.29 is 0 Å². The first-order valence-electron chi connectivity index (χ1n) is 27.3. The summed E-state index contributed by atoms with van der Waals surface area (Å²) in [5.41, 5.74) is 13.1. The van der Waals surface area contributed by atoms with Gasteiger partial charge >= 0.3 is 0 Å². The molecule has 0 saturated carbocycles. The molecule has 2 heteroatoms. The van der Waals surface area contributed by atoms with Gasteiger partial charge in [-0.25, -0.2) is 0 Å². The molecule has 0 aliphatic heterocycles. The summed E-state index contributed by atoms with van der Waals surface area (Å²) in [5.74, 6) is 32.3. The third kappa shape index (κ3) is 17.0. The maximum Gasteiger partial charge on any atom is 0.0808 e. The van der Waals surface area contributed by atoms with E-state index in [4.69, 9.17) is 0 Å². The predicted octanol–water partition coefficient (Wildman–Crippen LogP) is 18.2. The van der Waals surface area contributed by atoms with Gasteiger partial charge in [-0.1, -0.05) is 233 Å². The molecule has 2 aromatic rings. The van der Waals surface area contributed by atoms with Crippen LogP contribution < -0.4 is 0 Å². The summed E-state index contributed by atoms with van der Waals surface area (Å²) in [6, 6.07) is 9.88. The first-order chi connectivity index (χ1) is 31.6. The molecular formula is C64H96Si2. The monoisotopic (exact) mass is 921 g/mol. The lowest BCUT2D eigenvalue weighted by molar-refractivity contribution is 0.446. The summed E-state index contributed by atoms with van der Waals surface area (Å²) in [6.45, 7) is 37.8. The zero-order chi connectivity index (χ0) is 48.9. The van der Waals surface area contributed by atoms with Crippen molar-refractivity contribution >= 4 is 16.1 Å². The van der Waals surface area contributed by atoms with E-state index in [2.05, 4.69) is 166 Å². The maximum absolute atomic E-state index is 3.99. The van der Waals surface area contributed by atoms with E-state index in [1.165, 1.54) is 169 Å². The van der Waals surface area contributed by atoms with E-state index in [1.54, 1.807) is 0 Å². The Labute approximate surface area is 412 Å². The van der Waals surface area contributed by atoms with Crippen LogP contribution in [0.3, 0.4) is 0 Å². The first kappa shape index (κ1) is 56.9. The minimum absolute atomic E-state index is 0.656. The van der Waals surface area contributed by atoms with Gasteiger partial charge in [0.15, 0.2) is 0 Å². The SMILES string of the molecule is CC#Cc1cc(CC(CC)CCCC)c(C#CC2=C([Si](C)(C)C)C(C#Cc3cc(CC(CC)CCCC)c(C#CC)cc3CC(CC)CCCC)=C2[Si](C)(C)C)cc1CC(CC)CCCC. The van der Waals surface area contributed by atoms with Crippen LogP contribution >= 0.6 is 0 Å². The van der Waals surface area contributed by atoms with Crippen molar-refractivity contribution in [3.8, 4) is 47.4 Å². The summed E-state index contributed by atoms with van der Waals surface area (Å²) in [5, 5.41) is 2.98. The first-order valence-corrected chi connectivity index (χ1v) is 34.3. The second kappa shape index (κ2) is 28.8.